The van der Waals surface area contributed by atoms with Crippen molar-refractivity contribution in [2.24, 2.45) is 0 Å². The molecule has 0 saturated carbocycles. The molecule has 0 aliphatic rings. The van der Waals surface area contributed by atoms with Crippen molar-refractivity contribution < 1.29 is 14.3 Å². The standard InChI is InChI=1S/C18H18O3/c1-2-11-20-16-10-6-4-8-14(16)18(19)17-12-13-7-3-5-9-15(13)21-17/h3-10,12,18-19H,2,11H2,1H3. The fourth-order valence-electron chi connectivity index (χ4n) is 2.34. The molecule has 1 heterocycles. The van der Waals surface area contributed by atoms with Crippen molar-refractivity contribution in [1.82, 2.24) is 0 Å². The zero-order chi connectivity index (χ0) is 14.7. The third-order valence-corrected chi connectivity index (χ3v) is 3.39. The van der Waals surface area contributed by atoms with Crippen LogP contribution in [0.15, 0.2) is 59.0 Å². The normalized spacial score (nSPS) is 12.5. The van der Waals surface area contributed by atoms with Gasteiger partial charge in [-0.3, -0.25) is 0 Å². The number of rotatable bonds is 5. The van der Waals surface area contributed by atoms with E-state index >= 15 is 0 Å². The smallest absolute Gasteiger partial charge is 0.140 e. The minimum absolute atomic E-state index is 0.531. The largest absolute Gasteiger partial charge is 0.493 e. The molecule has 3 nitrogen and oxygen atoms in total. The summed E-state index contributed by atoms with van der Waals surface area (Å²) in [6.07, 6.45) is 0.0974. The fourth-order valence-corrected chi connectivity index (χ4v) is 2.34. The Kier molecular flexibility index (Phi) is 3.93. The monoisotopic (exact) mass is 282 g/mol. The Bertz CT molecular complexity index is 697. The van der Waals surface area contributed by atoms with E-state index < -0.39 is 6.10 Å². The average Bonchev–Trinajstić information content (AvgIpc) is 2.96. The van der Waals surface area contributed by atoms with E-state index in [1.165, 1.54) is 0 Å². The molecule has 1 N–H and O–H groups in total. The van der Waals surface area contributed by atoms with Crippen LogP contribution in [-0.4, -0.2) is 11.7 Å². The first-order chi connectivity index (χ1) is 10.3. The predicted molar refractivity (Wildman–Crippen MR) is 82.5 cm³/mol. The van der Waals surface area contributed by atoms with Gasteiger partial charge in [-0.15, -0.1) is 0 Å². The van der Waals surface area contributed by atoms with E-state index in [9.17, 15) is 5.11 Å². The molecule has 21 heavy (non-hydrogen) atoms. The van der Waals surface area contributed by atoms with Crippen molar-refractivity contribution in [2.45, 2.75) is 19.4 Å². The molecule has 0 bridgehead atoms. The molecule has 0 amide bonds. The van der Waals surface area contributed by atoms with E-state index in [-0.39, 0.29) is 0 Å². The maximum Gasteiger partial charge on any atom is 0.140 e. The third kappa shape index (κ3) is 2.78. The summed E-state index contributed by atoms with van der Waals surface area (Å²) in [6.45, 7) is 2.68. The Morgan fingerprint density at radius 1 is 1.10 bits per heavy atom. The third-order valence-electron chi connectivity index (χ3n) is 3.39. The van der Waals surface area contributed by atoms with Crippen LogP contribution in [0.25, 0.3) is 11.0 Å². The molecule has 0 fully saturated rings. The molecule has 0 aliphatic carbocycles. The molecule has 108 valence electrons. The Morgan fingerprint density at radius 3 is 2.67 bits per heavy atom. The molecule has 1 aromatic heterocycles. The molecular formula is C18H18O3. The Balaban J connectivity index is 1.95. The van der Waals surface area contributed by atoms with Crippen molar-refractivity contribution in [3.63, 3.8) is 0 Å². The van der Waals surface area contributed by atoms with Crippen LogP contribution in [-0.2, 0) is 0 Å². The number of aliphatic hydroxyl groups is 1. The second-order valence-corrected chi connectivity index (χ2v) is 4.98. The van der Waals surface area contributed by atoms with E-state index in [0.29, 0.717) is 18.1 Å². The first kappa shape index (κ1) is 13.7. The summed E-state index contributed by atoms with van der Waals surface area (Å²) in [5.41, 5.74) is 1.50. The number of aliphatic hydroxyl groups excluding tert-OH is 1. The zero-order valence-electron chi connectivity index (χ0n) is 12.0. The van der Waals surface area contributed by atoms with Gasteiger partial charge in [-0.25, -0.2) is 0 Å². The van der Waals surface area contributed by atoms with Gasteiger partial charge in [0.05, 0.1) is 6.61 Å². The summed E-state index contributed by atoms with van der Waals surface area (Å²) in [5, 5.41) is 11.6. The number of hydrogen-bond acceptors (Lipinski definition) is 3. The Morgan fingerprint density at radius 2 is 1.86 bits per heavy atom. The van der Waals surface area contributed by atoms with Gasteiger partial charge in [0.25, 0.3) is 0 Å². The van der Waals surface area contributed by atoms with Crippen LogP contribution < -0.4 is 4.74 Å². The lowest BCUT2D eigenvalue weighted by Gasteiger charge is -2.14. The summed E-state index contributed by atoms with van der Waals surface area (Å²) in [7, 11) is 0. The van der Waals surface area contributed by atoms with E-state index in [2.05, 4.69) is 6.92 Å². The summed E-state index contributed by atoms with van der Waals surface area (Å²) in [4.78, 5) is 0. The van der Waals surface area contributed by atoms with E-state index in [1.807, 2.05) is 54.6 Å². The minimum Gasteiger partial charge on any atom is -0.493 e. The predicted octanol–water partition coefficient (Wildman–Crippen LogP) is 4.30. The second kappa shape index (κ2) is 6.02. The summed E-state index contributed by atoms with van der Waals surface area (Å²) < 4.78 is 11.4. The van der Waals surface area contributed by atoms with Crippen molar-refractivity contribution in [3.8, 4) is 5.75 Å². The van der Waals surface area contributed by atoms with Crippen LogP contribution in [0.1, 0.15) is 30.8 Å². The zero-order valence-corrected chi connectivity index (χ0v) is 12.0. The van der Waals surface area contributed by atoms with Gasteiger partial charge < -0.3 is 14.3 Å². The molecule has 2 aromatic carbocycles. The van der Waals surface area contributed by atoms with Gasteiger partial charge in [0.1, 0.15) is 23.2 Å². The maximum atomic E-state index is 10.6. The Labute approximate surface area is 123 Å². The Hall–Kier alpha value is -2.26. The number of furan rings is 1. The van der Waals surface area contributed by atoms with Crippen molar-refractivity contribution in [3.05, 3.63) is 65.9 Å². The van der Waals surface area contributed by atoms with Crippen molar-refractivity contribution in [2.75, 3.05) is 6.61 Å². The first-order valence-electron chi connectivity index (χ1n) is 7.18. The molecule has 0 spiro atoms. The number of para-hydroxylation sites is 2. The van der Waals surface area contributed by atoms with Crippen LogP contribution in [0.4, 0.5) is 0 Å². The van der Waals surface area contributed by atoms with Crippen LogP contribution >= 0.6 is 0 Å². The average molecular weight is 282 g/mol. The molecule has 0 radical (unpaired) electrons. The van der Waals surface area contributed by atoms with E-state index in [0.717, 1.165) is 23.0 Å². The molecule has 3 heteroatoms. The molecule has 3 aromatic rings. The fraction of sp³-hybridized carbons (Fsp3) is 0.222. The van der Waals surface area contributed by atoms with Gasteiger partial charge in [0.2, 0.25) is 0 Å². The van der Waals surface area contributed by atoms with Crippen molar-refractivity contribution >= 4 is 11.0 Å². The molecular weight excluding hydrogens is 264 g/mol. The number of benzene rings is 2. The van der Waals surface area contributed by atoms with Gasteiger partial charge in [0, 0.05) is 10.9 Å². The van der Waals surface area contributed by atoms with Crippen LogP contribution in [0.3, 0.4) is 0 Å². The van der Waals surface area contributed by atoms with Gasteiger partial charge in [-0.1, -0.05) is 43.3 Å². The molecule has 3 rings (SSSR count). The lowest BCUT2D eigenvalue weighted by atomic mass is 10.1. The van der Waals surface area contributed by atoms with Gasteiger partial charge in [-0.05, 0) is 24.6 Å². The van der Waals surface area contributed by atoms with E-state index in [1.54, 1.807) is 0 Å². The molecule has 1 atom stereocenters. The molecule has 0 aliphatic heterocycles. The highest BCUT2D eigenvalue weighted by molar-refractivity contribution is 5.77. The summed E-state index contributed by atoms with van der Waals surface area (Å²) in [5.74, 6) is 1.23. The van der Waals surface area contributed by atoms with Crippen LogP contribution in [0.2, 0.25) is 0 Å². The van der Waals surface area contributed by atoms with Gasteiger partial charge in [0.15, 0.2) is 0 Å². The first-order valence-corrected chi connectivity index (χ1v) is 7.18. The SMILES string of the molecule is CCCOc1ccccc1C(O)c1cc2ccccc2o1. The molecule has 0 saturated heterocycles. The van der Waals surface area contributed by atoms with Gasteiger partial charge in [-0.2, -0.15) is 0 Å². The topological polar surface area (TPSA) is 42.6 Å². The summed E-state index contributed by atoms with van der Waals surface area (Å²) >= 11 is 0. The van der Waals surface area contributed by atoms with Crippen LogP contribution in [0.5, 0.6) is 5.75 Å². The van der Waals surface area contributed by atoms with E-state index in [4.69, 9.17) is 9.15 Å². The summed E-state index contributed by atoms with van der Waals surface area (Å²) in [6, 6.07) is 17.1. The van der Waals surface area contributed by atoms with Gasteiger partial charge >= 0.3 is 0 Å². The maximum absolute atomic E-state index is 10.6. The highest BCUT2D eigenvalue weighted by atomic mass is 16.5. The second-order valence-electron chi connectivity index (χ2n) is 4.98. The lowest BCUT2D eigenvalue weighted by molar-refractivity contribution is 0.185. The minimum atomic E-state index is -0.828. The highest BCUT2D eigenvalue weighted by Crippen LogP contribution is 2.33. The number of hydrogen-bond donors (Lipinski definition) is 1. The van der Waals surface area contributed by atoms with Crippen LogP contribution in [0, 0.1) is 0 Å². The quantitative estimate of drug-likeness (QED) is 0.758. The number of ether oxygens (including phenoxy) is 1. The lowest BCUT2D eigenvalue weighted by Crippen LogP contribution is -2.04. The highest BCUT2D eigenvalue weighted by Gasteiger charge is 2.19. The van der Waals surface area contributed by atoms with Crippen molar-refractivity contribution in [1.29, 1.82) is 0 Å². The molecule has 1 unspecified atom stereocenters. The number of fused-ring (bicyclic) bond motifs is 1.